The molecule has 2 saturated heterocycles. The first-order chi connectivity index (χ1) is 12.4. The van der Waals surface area contributed by atoms with Crippen LogP contribution < -0.4 is 0 Å². The van der Waals surface area contributed by atoms with E-state index in [9.17, 15) is 8.42 Å². The highest BCUT2D eigenvalue weighted by Crippen LogP contribution is 2.21. The van der Waals surface area contributed by atoms with Gasteiger partial charge in [-0.15, -0.1) is 0 Å². The summed E-state index contributed by atoms with van der Waals surface area (Å²) in [5, 5.41) is 0. The molecule has 0 bridgehead atoms. The summed E-state index contributed by atoms with van der Waals surface area (Å²) in [7, 11) is -1.10. The Labute approximate surface area is 158 Å². The van der Waals surface area contributed by atoms with E-state index in [1.807, 2.05) is 0 Å². The second kappa shape index (κ2) is 8.87. The van der Waals surface area contributed by atoms with Gasteiger partial charge < -0.3 is 9.47 Å². The fraction of sp³-hybridized carbons (Fsp3) is 0.789. The van der Waals surface area contributed by atoms with Gasteiger partial charge in [-0.05, 0) is 70.4 Å². The van der Waals surface area contributed by atoms with Crippen LogP contribution in [-0.4, -0.2) is 78.7 Å². The molecule has 1 aromatic heterocycles. The van der Waals surface area contributed by atoms with Crippen LogP contribution in [0, 0.1) is 0 Å². The fourth-order valence-corrected chi connectivity index (χ4v) is 5.55. The Hall–Kier alpha value is -0.890. The average Bonchev–Trinajstić information content (AvgIpc) is 3.23. The minimum absolute atomic E-state index is 0.109. The zero-order valence-electron chi connectivity index (χ0n) is 16.3. The molecular formula is C19H34N4O2S. The number of piperidine rings is 1. The number of hydrogen-bond donors (Lipinski definition) is 0. The van der Waals surface area contributed by atoms with Gasteiger partial charge in [0.1, 0.15) is 0 Å². The molecule has 0 N–H and O–H groups in total. The number of hydrogen-bond acceptors (Lipinski definition) is 4. The van der Waals surface area contributed by atoms with E-state index in [1.54, 1.807) is 4.31 Å². The van der Waals surface area contributed by atoms with E-state index >= 15 is 0 Å². The Bertz CT molecular complexity index is 667. The molecule has 7 heteroatoms. The van der Waals surface area contributed by atoms with Gasteiger partial charge >= 0.3 is 0 Å². The van der Waals surface area contributed by atoms with Gasteiger partial charge in [0.2, 0.25) is 10.0 Å². The van der Waals surface area contributed by atoms with Gasteiger partial charge in [0.05, 0.1) is 6.26 Å². The van der Waals surface area contributed by atoms with Crippen molar-refractivity contribution >= 4 is 10.0 Å². The summed E-state index contributed by atoms with van der Waals surface area (Å²) in [6.45, 7) is 6.80. The third-order valence-corrected chi connectivity index (χ3v) is 7.14. The van der Waals surface area contributed by atoms with Gasteiger partial charge in [0.15, 0.2) is 0 Å². The van der Waals surface area contributed by atoms with Gasteiger partial charge in [0.25, 0.3) is 0 Å². The molecule has 0 aromatic carbocycles. The number of sulfonamides is 1. The largest absolute Gasteiger partial charge is 0.353 e. The monoisotopic (exact) mass is 382 g/mol. The fourth-order valence-electron chi connectivity index (χ4n) is 4.38. The Morgan fingerprint density at radius 1 is 1.15 bits per heavy atom. The molecule has 2 aliphatic heterocycles. The van der Waals surface area contributed by atoms with E-state index in [0.717, 1.165) is 45.4 Å². The van der Waals surface area contributed by atoms with Gasteiger partial charge in [-0.3, -0.25) is 4.90 Å². The number of likely N-dealkylation sites (tertiary alicyclic amines) is 2. The number of aryl methyl sites for hydroxylation is 1. The van der Waals surface area contributed by atoms with Crippen molar-refractivity contribution in [2.45, 2.75) is 44.7 Å². The van der Waals surface area contributed by atoms with Gasteiger partial charge in [0, 0.05) is 44.6 Å². The lowest BCUT2D eigenvalue weighted by Gasteiger charge is -2.38. The predicted molar refractivity (Wildman–Crippen MR) is 106 cm³/mol. The molecular weight excluding hydrogens is 348 g/mol. The lowest BCUT2D eigenvalue weighted by atomic mass is 10.1. The number of aromatic nitrogens is 1. The minimum Gasteiger partial charge on any atom is -0.353 e. The second-order valence-corrected chi connectivity index (χ2v) is 9.85. The summed E-state index contributed by atoms with van der Waals surface area (Å²) >= 11 is 0. The molecule has 0 spiro atoms. The van der Waals surface area contributed by atoms with Crippen molar-refractivity contribution in [2.24, 2.45) is 7.05 Å². The van der Waals surface area contributed by atoms with Crippen LogP contribution in [0.5, 0.6) is 0 Å². The number of nitrogens with zero attached hydrogens (tertiary/aromatic N) is 4. The standard InChI is InChI=1S/C19H34N4O2S/c1-20-10-5-8-18(20)16-22-13-6-9-19(17-22)23(26(2,24)25)15-7-14-21-11-3-4-12-21/h5,8,10,19H,3-4,6-7,9,11-17H2,1-2H3. The Morgan fingerprint density at radius 3 is 2.54 bits per heavy atom. The van der Waals surface area contributed by atoms with Crippen molar-refractivity contribution in [3.63, 3.8) is 0 Å². The van der Waals surface area contributed by atoms with Crippen molar-refractivity contribution in [3.8, 4) is 0 Å². The molecule has 148 valence electrons. The molecule has 1 aromatic rings. The molecule has 26 heavy (non-hydrogen) atoms. The summed E-state index contributed by atoms with van der Waals surface area (Å²) in [6, 6.07) is 4.32. The lowest BCUT2D eigenvalue weighted by molar-refractivity contribution is 0.138. The van der Waals surface area contributed by atoms with Crippen LogP contribution in [0.1, 0.15) is 37.8 Å². The molecule has 2 fully saturated rings. The first-order valence-corrected chi connectivity index (χ1v) is 11.8. The van der Waals surface area contributed by atoms with Crippen LogP contribution in [0.3, 0.4) is 0 Å². The summed E-state index contributed by atoms with van der Waals surface area (Å²) in [4.78, 5) is 4.87. The Kier molecular flexibility index (Phi) is 6.77. The van der Waals surface area contributed by atoms with Crippen molar-refractivity contribution in [3.05, 3.63) is 24.0 Å². The third-order valence-electron chi connectivity index (χ3n) is 5.80. The zero-order chi connectivity index (χ0) is 18.6. The molecule has 0 aliphatic carbocycles. The van der Waals surface area contributed by atoms with Gasteiger partial charge in [-0.2, -0.15) is 4.31 Å². The van der Waals surface area contributed by atoms with Crippen LogP contribution >= 0.6 is 0 Å². The van der Waals surface area contributed by atoms with Gasteiger partial charge in [-0.25, -0.2) is 8.42 Å². The van der Waals surface area contributed by atoms with E-state index < -0.39 is 10.0 Å². The third kappa shape index (κ3) is 5.31. The molecule has 0 radical (unpaired) electrons. The highest BCUT2D eigenvalue weighted by atomic mass is 32.2. The lowest BCUT2D eigenvalue weighted by Crippen LogP contribution is -2.50. The topological polar surface area (TPSA) is 48.8 Å². The highest BCUT2D eigenvalue weighted by molar-refractivity contribution is 7.88. The molecule has 0 saturated carbocycles. The quantitative estimate of drug-likeness (QED) is 0.687. The maximum atomic E-state index is 12.4. The van der Waals surface area contributed by atoms with E-state index in [0.29, 0.717) is 6.54 Å². The molecule has 2 aliphatic rings. The Balaban J connectivity index is 1.57. The summed E-state index contributed by atoms with van der Waals surface area (Å²) in [5.41, 5.74) is 1.28. The Morgan fingerprint density at radius 2 is 1.88 bits per heavy atom. The first kappa shape index (κ1) is 19.9. The van der Waals surface area contributed by atoms with Crippen LogP contribution in [0.15, 0.2) is 18.3 Å². The SMILES string of the molecule is Cn1cccc1CN1CCCC(N(CCCN2CCCC2)S(C)(=O)=O)C1. The first-order valence-electron chi connectivity index (χ1n) is 9.95. The van der Waals surface area contributed by atoms with E-state index in [4.69, 9.17) is 0 Å². The maximum absolute atomic E-state index is 12.4. The summed E-state index contributed by atoms with van der Waals surface area (Å²) < 4.78 is 28.8. The highest BCUT2D eigenvalue weighted by Gasteiger charge is 2.30. The van der Waals surface area contributed by atoms with Crippen molar-refractivity contribution in [1.29, 1.82) is 0 Å². The van der Waals surface area contributed by atoms with Gasteiger partial charge in [-0.1, -0.05) is 0 Å². The molecule has 0 amide bonds. The summed E-state index contributed by atoms with van der Waals surface area (Å²) in [6.07, 6.45) is 8.98. The zero-order valence-corrected chi connectivity index (χ0v) is 17.1. The maximum Gasteiger partial charge on any atom is 0.211 e. The molecule has 1 atom stereocenters. The predicted octanol–water partition coefficient (Wildman–Crippen LogP) is 1.74. The normalized spacial score (nSPS) is 23.1. The van der Waals surface area contributed by atoms with Crippen LogP contribution in [0.25, 0.3) is 0 Å². The molecule has 3 rings (SSSR count). The summed E-state index contributed by atoms with van der Waals surface area (Å²) in [5.74, 6) is 0. The van der Waals surface area contributed by atoms with E-state index in [2.05, 4.69) is 39.7 Å². The molecule has 3 heterocycles. The van der Waals surface area contributed by atoms with Crippen molar-refractivity contribution < 1.29 is 8.42 Å². The smallest absolute Gasteiger partial charge is 0.211 e. The van der Waals surface area contributed by atoms with Crippen molar-refractivity contribution in [1.82, 2.24) is 18.7 Å². The van der Waals surface area contributed by atoms with E-state index in [1.165, 1.54) is 37.9 Å². The van der Waals surface area contributed by atoms with Crippen LogP contribution in [-0.2, 0) is 23.6 Å². The van der Waals surface area contributed by atoms with Crippen LogP contribution in [0.4, 0.5) is 0 Å². The van der Waals surface area contributed by atoms with E-state index in [-0.39, 0.29) is 6.04 Å². The second-order valence-electron chi connectivity index (χ2n) is 7.92. The van der Waals surface area contributed by atoms with Crippen LogP contribution in [0.2, 0.25) is 0 Å². The van der Waals surface area contributed by atoms with Crippen molar-refractivity contribution in [2.75, 3.05) is 45.5 Å². The average molecular weight is 383 g/mol. The number of rotatable bonds is 8. The minimum atomic E-state index is -3.17. The molecule has 1 unspecified atom stereocenters. The molecule has 6 nitrogen and oxygen atoms in total.